The first-order valence-corrected chi connectivity index (χ1v) is 5.46. The van der Waals surface area contributed by atoms with Gasteiger partial charge in [-0.3, -0.25) is 0 Å². The number of hydrogen-bond acceptors (Lipinski definition) is 4. The second-order valence-corrected chi connectivity index (χ2v) is 3.61. The number of allylic oxidation sites excluding steroid dienone is 1. The lowest BCUT2D eigenvalue weighted by Crippen LogP contribution is -1.97. The van der Waals surface area contributed by atoms with Gasteiger partial charge in [-0.2, -0.15) is 4.98 Å². The molecule has 5 heteroatoms. The molecule has 76 valence electrons. The van der Waals surface area contributed by atoms with E-state index in [1.807, 2.05) is 25.3 Å². The van der Waals surface area contributed by atoms with Crippen molar-refractivity contribution in [3.05, 3.63) is 23.0 Å². The van der Waals surface area contributed by atoms with Crippen molar-refractivity contribution in [1.29, 1.82) is 0 Å². The van der Waals surface area contributed by atoms with Gasteiger partial charge < -0.3 is 4.74 Å². The number of nitrogens with zero attached hydrogens (tertiary/aromatic N) is 2. The predicted molar refractivity (Wildman–Crippen MR) is 58.9 cm³/mol. The van der Waals surface area contributed by atoms with Crippen LogP contribution in [0.4, 0.5) is 0 Å². The molecule has 0 fully saturated rings. The fraction of sp³-hybridized carbons (Fsp3) is 0.333. The molecule has 0 saturated heterocycles. The molecule has 0 aromatic carbocycles. The number of aromatic nitrogens is 2. The summed E-state index contributed by atoms with van der Waals surface area (Å²) in [7, 11) is 0. The van der Waals surface area contributed by atoms with Crippen LogP contribution in [0.15, 0.2) is 22.6 Å². The van der Waals surface area contributed by atoms with Crippen molar-refractivity contribution in [2.75, 3.05) is 6.61 Å². The molecule has 0 spiro atoms. The summed E-state index contributed by atoms with van der Waals surface area (Å²) in [5.41, 5.74) is 0. The van der Waals surface area contributed by atoms with Gasteiger partial charge in [-0.25, -0.2) is 4.98 Å². The maximum atomic E-state index is 5.66. The van der Waals surface area contributed by atoms with E-state index in [0.29, 0.717) is 12.5 Å². The van der Waals surface area contributed by atoms with Crippen LogP contribution in [0.5, 0.6) is 5.88 Å². The minimum absolute atomic E-state index is 0.207. The summed E-state index contributed by atoms with van der Waals surface area (Å²) in [6, 6.07) is 0. The molecule has 1 heterocycles. The van der Waals surface area contributed by atoms with Gasteiger partial charge in [0, 0.05) is 6.20 Å². The highest BCUT2D eigenvalue weighted by Crippen LogP contribution is 2.28. The van der Waals surface area contributed by atoms with Gasteiger partial charge in [0.15, 0.2) is 0 Å². The molecule has 0 radical (unpaired) electrons. The number of hydrogen-bond donors (Lipinski definition) is 0. The fourth-order valence-electron chi connectivity index (χ4n) is 0.797. The van der Waals surface area contributed by atoms with Crippen LogP contribution in [0.1, 0.15) is 13.8 Å². The molecular weight excluding hydrogens is 220 g/mol. The second kappa shape index (κ2) is 5.88. The van der Waals surface area contributed by atoms with E-state index in [-0.39, 0.29) is 5.28 Å². The molecule has 0 N–H and O–H groups in total. The Bertz CT molecular complexity index is 331. The molecule has 1 rings (SSSR count). The van der Waals surface area contributed by atoms with Gasteiger partial charge in [-0.15, -0.1) is 0 Å². The third kappa shape index (κ3) is 3.20. The third-order valence-electron chi connectivity index (χ3n) is 1.31. The lowest BCUT2D eigenvalue weighted by atomic mass is 10.6. The van der Waals surface area contributed by atoms with Gasteiger partial charge in [0.1, 0.15) is 0 Å². The second-order valence-electron chi connectivity index (χ2n) is 2.33. The summed E-state index contributed by atoms with van der Waals surface area (Å²) in [4.78, 5) is 8.76. The van der Waals surface area contributed by atoms with Crippen molar-refractivity contribution in [2.45, 2.75) is 18.7 Å². The molecular formula is C9H11ClN2OS. The molecule has 0 bridgehead atoms. The quantitative estimate of drug-likeness (QED) is 0.588. The van der Waals surface area contributed by atoms with Crippen molar-refractivity contribution < 1.29 is 4.74 Å². The molecule has 0 saturated carbocycles. The van der Waals surface area contributed by atoms with E-state index < -0.39 is 0 Å². The molecule has 1 aromatic rings. The Morgan fingerprint density at radius 3 is 3.07 bits per heavy atom. The Morgan fingerprint density at radius 2 is 2.43 bits per heavy atom. The van der Waals surface area contributed by atoms with Gasteiger partial charge in [0.2, 0.25) is 11.2 Å². The zero-order valence-corrected chi connectivity index (χ0v) is 9.60. The number of rotatable bonds is 4. The van der Waals surface area contributed by atoms with Gasteiger partial charge in [0.05, 0.1) is 11.5 Å². The van der Waals surface area contributed by atoms with Gasteiger partial charge in [-0.05, 0) is 30.9 Å². The summed E-state index contributed by atoms with van der Waals surface area (Å²) in [6.45, 7) is 4.42. The molecule has 0 amide bonds. The highest BCUT2D eigenvalue weighted by atomic mass is 35.5. The molecule has 0 unspecified atom stereocenters. The van der Waals surface area contributed by atoms with E-state index >= 15 is 0 Å². The zero-order chi connectivity index (χ0) is 10.4. The molecule has 0 atom stereocenters. The molecule has 0 aliphatic heterocycles. The summed E-state index contributed by atoms with van der Waals surface area (Å²) in [6.07, 6.45) is 3.60. The summed E-state index contributed by atoms with van der Waals surface area (Å²) < 4.78 is 5.32. The van der Waals surface area contributed by atoms with Crippen LogP contribution >= 0.6 is 23.4 Å². The highest BCUT2D eigenvalue weighted by Gasteiger charge is 2.06. The van der Waals surface area contributed by atoms with Gasteiger partial charge in [0.25, 0.3) is 0 Å². The summed E-state index contributed by atoms with van der Waals surface area (Å²) >= 11 is 7.16. The Balaban J connectivity index is 2.89. The standard InChI is InChI=1S/C9H11ClN2OS/c1-3-5-14-7-6-11-9(10)12-8(7)13-4-2/h3,5-6H,4H2,1-2H3/b5-3-. The molecule has 3 nitrogen and oxygen atoms in total. The Hall–Kier alpha value is -0.740. The van der Waals surface area contributed by atoms with E-state index in [2.05, 4.69) is 9.97 Å². The fourth-order valence-corrected chi connectivity index (χ4v) is 1.52. The van der Waals surface area contributed by atoms with E-state index in [0.717, 1.165) is 4.90 Å². The van der Waals surface area contributed by atoms with Crippen molar-refractivity contribution in [2.24, 2.45) is 0 Å². The first-order valence-electron chi connectivity index (χ1n) is 4.21. The van der Waals surface area contributed by atoms with Crippen molar-refractivity contribution in [3.8, 4) is 5.88 Å². The number of thioether (sulfide) groups is 1. The van der Waals surface area contributed by atoms with Crippen LogP contribution in [-0.2, 0) is 0 Å². The van der Waals surface area contributed by atoms with Crippen molar-refractivity contribution >= 4 is 23.4 Å². The van der Waals surface area contributed by atoms with Crippen LogP contribution in [0.3, 0.4) is 0 Å². The summed E-state index contributed by atoms with van der Waals surface area (Å²) in [5, 5.41) is 2.15. The highest BCUT2D eigenvalue weighted by molar-refractivity contribution is 8.02. The molecule has 1 aromatic heterocycles. The lowest BCUT2D eigenvalue weighted by Gasteiger charge is -2.05. The van der Waals surface area contributed by atoms with Gasteiger partial charge >= 0.3 is 0 Å². The summed E-state index contributed by atoms with van der Waals surface area (Å²) in [5.74, 6) is 0.538. The van der Waals surface area contributed by atoms with Crippen LogP contribution in [0.25, 0.3) is 0 Å². The van der Waals surface area contributed by atoms with E-state index in [1.165, 1.54) is 11.8 Å². The minimum atomic E-state index is 0.207. The third-order valence-corrected chi connectivity index (χ3v) is 2.43. The average molecular weight is 231 g/mol. The largest absolute Gasteiger partial charge is 0.477 e. The topological polar surface area (TPSA) is 35.0 Å². The van der Waals surface area contributed by atoms with E-state index in [9.17, 15) is 0 Å². The first kappa shape index (κ1) is 11.3. The molecule has 0 aliphatic carbocycles. The predicted octanol–water partition coefficient (Wildman–Crippen LogP) is 3.15. The normalized spacial score (nSPS) is 10.8. The van der Waals surface area contributed by atoms with Crippen molar-refractivity contribution in [3.63, 3.8) is 0 Å². The lowest BCUT2D eigenvalue weighted by molar-refractivity contribution is 0.317. The Kier molecular flexibility index (Phi) is 4.76. The van der Waals surface area contributed by atoms with Crippen LogP contribution in [-0.4, -0.2) is 16.6 Å². The molecule has 14 heavy (non-hydrogen) atoms. The van der Waals surface area contributed by atoms with Crippen molar-refractivity contribution in [1.82, 2.24) is 9.97 Å². The first-order chi connectivity index (χ1) is 6.77. The Morgan fingerprint density at radius 1 is 1.64 bits per heavy atom. The van der Waals surface area contributed by atoms with Crippen LogP contribution < -0.4 is 4.74 Å². The SMILES string of the molecule is C/C=C\Sc1cnc(Cl)nc1OCC. The Labute approximate surface area is 92.5 Å². The maximum Gasteiger partial charge on any atom is 0.232 e. The average Bonchev–Trinajstić information content (AvgIpc) is 2.17. The smallest absolute Gasteiger partial charge is 0.232 e. The number of halogens is 1. The molecule has 0 aliphatic rings. The van der Waals surface area contributed by atoms with E-state index in [1.54, 1.807) is 6.20 Å². The zero-order valence-electron chi connectivity index (χ0n) is 8.03. The maximum absolute atomic E-state index is 5.66. The monoisotopic (exact) mass is 230 g/mol. The number of ether oxygens (including phenoxy) is 1. The van der Waals surface area contributed by atoms with Crippen LogP contribution in [0.2, 0.25) is 5.28 Å². The van der Waals surface area contributed by atoms with E-state index in [4.69, 9.17) is 16.3 Å². The van der Waals surface area contributed by atoms with Crippen LogP contribution in [0, 0.1) is 0 Å². The van der Waals surface area contributed by atoms with Gasteiger partial charge in [-0.1, -0.05) is 17.8 Å². The minimum Gasteiger partial charge on any atom is -0.477 e.